The van der Waals surface area contributed by atoms with Crippen LogP contribution in [0.3, 0.4) is 0 Å². The van der Waals surface area contributed by atoms with Gasteiger partial charge in [-0.15, -0.1) is 0 Å². The van der Waals surface area contributed by atoms with Gasteiger partial charge in [-0.3, -0.25) is 9.59 Å². The highest BCUT2D eigenvalue weighted by molar-refractivity contribution is 6.04. The molecule has 1 aliphatic rings. The van der Waals surface area contributed by atoms with Crippen LogP contribution in [-0.4, -0.2) is 44.2 Å². The molecule has 1 aliphatic heterocycles. The van der Waals surface area contributed by atoms with Crippen LogP contribution in [0.2, 0.25) is 0 Å². The van der Waals surface area contributed by atoms with Crippen molar-refractivity contribution < 1.29 is 9.32 Å². The predicted octanol–water partition coefficient (Wildman–Crippen LogP) is 1.33. The molecule has 24 heavy (non-hydrogen) atoms. The summed E-state index contributed by atoms with van der Waals surface area (Å²) in [7, 11) is 0. The van der Waals surface area contributed by atoms with Crippen LogP contribution in [0.25, 0.3) is 10.8 Å². The minimum absolute atomic E-state index is 0.172. The molecular formula is C16H15N5O3. The highest BCUT2D eigenvalue weighted by Gasteiger charge is 2.28. The van der Waals surface area contributed by atoms with E-state index in [1.165, 1.54) is 6.39 Å². The number of hydrogen-bond donors (Lipinski definition) is 1. The molecule has 8 nitrogen and oxygen atoms in total. The molecule has 1 saturated heterocycles. The molecule has 0 radical (unpaired) electrons. The number of rotatable bonds is 2. The average molecular weight is 325 g/mol. The summed E-state index contributed by atoms with van der Waals surface area (Å²) in [5.74, 6) is 0.719. The van der Waals surface area contributed by atoms with Gasteiger partial charge >= 0.3 is 0 Å². The normalized spacial score (nSPS) is 15.8. The Morgan fingerprint density at radius 1 is 1.21 bits per heavy atom. The maximum absolute atomic E-state index is 12.8. The van der Waals surface area contributed by atoms with Crippen LogP contribution in [0.4, 0.5) is 0 Å². The molecule has 1 N–H and O–H groups in total. The van der Waals surface area contributed by atoms with Crippen molar-refractivity contribution in [2.45, 2.75) is 18.8 Å². The van der Waals surface area contributed by atoms with E-state index in [1.807, 2.05) is 0 Å². The Kier molecular flexibility index (Phi) is 3.56. The van der Waals surface area contributed by atoms with Crippen LogP contribution in [0.1, 0.15) is 35.1 Å². The first-order chi connectivity index (χ1) is 11.7. The maximum Gasteiger partial charge on any atom is 0.274 e. The smallest absolute Gasteiger partial charge is 0.274 e. The topological polar surface area (TPSA) is 105 Å². The number of aromatic amines is 1. The molecule has 1 aromatic carbocycles. The Hall–Kier alpha value is -3.03. The third-order valence-corrected chi connectivity index (χ3v) is 4.42. The Morgan fingerprint density at radius 3 is 2.67 bits per heavy atom. The molecule has 0 saturated carbocycles. The van der Waals surface area contributed by atoms with E-state index in [2.05, 4.69) is 20.3 Å². The number of amides is 1. The van der Waals surface area contributed by atoms with Gasteiger partial charge in [-0.1, -0.05) is 23.4 Å². The molecule has 0 atom stereocenters. The molecule has 3 heterocycles. The van der Waals surface area contributed by atoms with Crippen molar-refractivity contribution in [3.8, 4) is 0 Å². The molecule has 0 unspecified atom stereocenters. The summed E-state index contributed by atoms with van der Waals surface area (Å²) in [5.41, 5.74) is -0.0128. The van der Waals surface area contributed by atoms with Crippen molar-refractivity contribution in [2.24, 2.45) is 0 Å². The van der Waals surface area contributed by atoms with Crippen molar-refractivity contribution in [3.63, 3.8) is 0 Å². The first-order valence-electron chi connectivity index (χ1n) is 7.77. The van der Waals surface area contributed by atoms with Crippen LogP contribution in [0.15, 0.2) is 40.0 Å². The van der Waals surface area contributed by atoms with Gasteiger partial charge in [0.2, 0.25) is 6.39 Å². The van der Waals surface area contributed by atoms with E-state index in [4.69, 9.17) is 4.52 Å². The van der Waals surface area contributed by atoms with Crippen LogP contribution < -0.4 is 5.56 Å². The van der Waals surface area contributed by atoms with Gasteiger partial charge in [0, 0.05) is 24.4 Å². The average Bonchev–Trinajstić information content (AvgIpc) is 3.17. The lowest BCUT2D eigenvalue weighted by molar-refractivity contribution is 0.0705. The number of carbonyl (C=O) groups is 1. The number of nitrogens with zero attached hydrogens (tertiary/aromatic N) is 4. The van der Waals surface area contributed by atoms with Crippen molar-refractivity contribution in [2.75, 3.05) is 13.1 Å². The Labute approximate surface area is 136 Å². The van der Waals surface area contributed by atoms with E-state index >= 15 is 0 Å². The highest BCUT2D eigenvalue weighted by atomic mass is 16.5. The van der Waals surface area contributed by atoms with Crippen molar-refractivity contribution in [3.05, 3.63) is 52.5 Å². The van der Waals surface area contributed by atoms with Crippen molar-refractivity contribution in [1.29, 1.82) is 0 Å². The zero-order chi connectivity index (χ0) is 16.5. The van der Waals surface area contributed by atoms with Gasteiger partial charge in [-0.05, 0) is 18.9 Å². The van der Waals surface area contributed by atoms with Gasteiger partial charge in [0.1, 0.15) is 0 Å². The largest absolute Gasteiger partial charge is 0.343 e. The molecule has 1 fully saturated rings. The van der Waals surface area contributed by atoms with Crippen LogP contribution in [0, 0.1) is 0 Å². The summed E-state index contributed by atoms with van der Waals surface area (Å²) in [6, 6.07) is 7.00. The Balaban J connectivity index is 1.57. The molecular weight excluding hydrogens is 310 g/mol. The van der Waals surface area contributed by atoms with Crippen LogP contribution in [0.5, 0.6) is 0 Å². The third kappa shape index (κ3) is 2.45. The fourth-order valence-corrected chi connectivity index (χ4v) is 3.13. The molecule has 0 bridgehead atoms. The quantitative estimate of drug-likeness (QED) is 0.762. The molecule has 1 amide bonds. The van der Waals surface area contributed by atoms with Gasteiger partial charge < -0.3 is 9.42 Å². The zero-order valence-corrected chi connectivity index (χ0v) is 12.8. The second kappa shape index (κ2) is 5.88. The fraction of sp³-hybridized carbons (Fsp3) is 0.312. The van der Waals surface area contributed by atoms with E-state index in [9.17, 15) is 9.59 Å². The monoisotopic (exact) mass is 325 g/mol. The lowest BCUT2D eigenvalue weighted by Gasteiger charge is -2.30. The van der Waals surface area contributed by atoms with E-state index in [1.54, 1.807) is 29.2 Å². The Bertz CT molecular complexity index is 926. The standard InChI is InChI=1S/C16H15N5O3/c22-15-12-4-2-1-3-11(12)13(18-19-15)16(23)21-7-5-10(6-8-21)14-17-9-24-20-14/h1-4,9-10H,5-8H2,(H,19,22). The first-order valence-corrected chi connectivity index (χ1v) is 7.77. The number of likely N-dealkylation sites (tertiary alicyclic amines) is 1. The number of hydrogen-bond acceptors (Lipinski definition) is 6. The van der Waals surface area contributed by atoms with E-state index in [0.717, 1.165) is 12.8 Å². The van der Waals surface area contributed by atoms with Gasteiger partial charge in [0.25, 0.3) is 11.5 Å². The fourth-order valence-electron chi connectivity index (χ4n) is 3.13. The van der Waals surface area contributed by atoms with Gasteiger partial charge in [0.05, 0.1) is 5.39 Å². The number of piperidine rings is 1. The predicted molar refractivity (Wildman–Crippen MR) is 84.5 cm³/mol. The van der Waals surface area contributed by atoms with Crippen LogP contribution in [-0.2, 0) is 0 Å². The second-order valence-corrected chi connectivity index (χ2v) is 5.80. The molecule has 8 heteroatoms. The maximum atomic E-state index is 12.8. The summed E-state index contributed by atoms with van der Waals surface area (Å²) in [5, 5.41) is 11.3. The minimum atomic E-state index is -0.294. The van der Waals surface area contributed by atoms with E-state index < -0.39 is 0 Å². The summed E-state index contributed by atoms with van der Waals surface area (Å²) >= 11 is 0. The lowest BCUT2D eigenvalue weighted by atomic mass is 9.96. The summed E-state index contributed by atoms with van der Waals surface area (Å²) in [4.78, 5) is 30.5. The van der Waals surface area contributed by atoms with E-state index in [0.29, 0.717) is 29.7 Å². The molecule has 0 aliphatic carbocycles. The summed E-state index contributed by atoms with van der Waals surface area (Å²) in [6.45, 7) is 1.18. The van der Waals surface area contributed by atoms with Crippen LogP contribution >= 0.6 is 0 Å². The minimum Gasteiger partial charge on any atom is -0.343 e. The van der Waals surface area contributed by atoms with Crippen molar-refractivity contribution in [1.82, 2.24) is 25.2 Å². The zero-order valence-electron chi connectivity index (χ0n) is 12.8. The number of H-pyrrole nitrogens is 1. The lowest BCUT2D eigenvalue weighted by Crippen LogP contribution is -2.39. The molecule has 122 valence electrons. The molecule has 2 aromatic heterocycles. The summed E-state index contributed by atoms with van der Waals surface area (Å²) in [6.07, 6.45) is 2.86. The van der Waals surface area contributed by atoms with Gasteiger partial charge in [0.15, 0.2) is 11.5 Å². The molecule has 3 aromatic rings. The summed E-state index contributed by atoms with van der Waals surface area (Å²) < 4.78 is 4.79. The van der Waals surface area contributed by atoms with Gasteiger partial charge in [-0.25, -0.2) is 5.10 Å². The number of aromatic nitrogens is 4. The molecule has 0 spiro atoms. The van der Waals surface area contributed by atoms with Gasteiger partial charge in [-0.2, -0.15) is 10.1 Å². The number of fused-ring (bicyclic) bond motifs is 1. The Morgan fingerprint density at radius 2 is 1.96 bits per heavy atom. The van der Waals surface area contributed by atoms with E-state index in [-0.39, 0.29) is 23.1 Å². The number of benzene rings is 1. The molecule has 4 rings (SSSR count). The number of nitrogens with one attached hydrogen (secondary N) is 1. The SMILES string of the molecule is O=C(c1n[nH]c(=O)c2ccccc12)N1CCC(c2ncon2)CC1. The second-order valence-electron chi connectivity index (χ2n) is 5.80. The third-order valence-electron chi connectivity index (χ3n) is 4.42. The van der Waals surface area contributed by atoms with Crippen molar-refractivity contribution >= 4 is 16.7 Å². The highest BCUT2D eigenvalue weighted by Crippen LogP contribution is 2.26. The number of carbonyl (C=O) groups excluding carboxylic acids is 1. The first kappa shape index (κ1) is 14.6.